The summed E-state index contributed by atoms with van der Waals surface area (Å²) >= 11 is 0. The largest absolute Gasteiger partial charge is 0.337 e. The highest BCUT2D eigenvalue weighted by Crippen LogP contribution is 2.28. The van der Waals surface area contributed by atoms with Gasteiger partial charge in [-0.15, -0.1) is 0 Å². The molecule has 1 aliphatic rings. The Morgan fingerprint density at radius 2 is 1.70 bits per heavy atom. The van der Waals surface area contributed by atoms with Crippen LogP contribution in [-0.2, 0) is 0 Å². The number of imidazole rings is 1. The fourth-order valence-corrected chi connectivity index (χ4v) is 4.82. The predicted molar refractivity (Wildman–Crippen MR) is 122 cm³/mol. The van der Waals surface area contributed by atoms with E-state index in [0.717, 1.165) is 49.8 Å². The number of fused-ring (bicyclic) bond motifs is 1. The Morgan fingerprint density at radius 1 is 0.970 bits per heavy atom. The number of nitrogens with zero attached hydrogens (tertiary/aromatic N) is 4. The first kappa shape index (κ1) is 21.3. The second-order valence-corrected chi connectivity index (χ2v) is 8.59. The van der Waals surface area contributed by atoms with Crippen molar-refractivity contribution in [1.82, 2.24) is 18.7 Å². The highest BCUT2D eigenvalue weighted by atomic mass is 19.2. The molecule has 5 rings (SSSR count). The molecule has 4 aromatic rings. The van der Waals surface area contributed by atoms with Crippen LogP contribution >= 0.6 is 0 Å². The maximum Gasteiger partial charge on any atom is 0.337 e. The summed E-state index contributed by atoms with van der Waals surface area (Å²) in [5.74, 6) is -2.08. The third kappa shape index (κ3) is 3.59. The average Bonchev–Trinajstić information content (AvgIpc) is 3.27. The van der Waals surface area contributed by atoms with E-state index in [9.17, 15) is 18.4 Å². The topological polar surface area (TPSA) is 61.8 Å². The van der Waals surface area contributed by atoms with Crippen LogP contribution in [-0.4, -0.2) is 18.7 Å². The minimum atomic E-state index is -1.07. The molecule has 8 heteroatoms. The predicted octanol–water partition coefficient (Wildman–Crippen LogP) is 4.74. The summed E-state index contributed by atoms with van der Waals surface area (Å²) in [6.45, 7) is 1.95. The Bertz CT molecular complexity index is 1430. The summed E-state index contributed by atoms with van der Waals surface area (Å²) in [6, 6.07) is 12.5. The van der Waals surface area contributed by atoms with Gasteiger partial charge in [-0.2, -0.15) is 0 Å². The molecule has 1 saturated carbocycles. The molecule has 6 nitrogen and oxygen atoms in total. The second kappa shape index (κ2) is 8.42. The van der Waals surface area contributed by atoms with E-state index in [-0.39, 0.29) is 28.9 Å². The molecular formula is C25H24F2N4O2. The molecule has 170 valence electrons. The second-order valence-electron chi connectivity index (χ2n) is 8.59. The number of rotatable bonds is 4. The maximum absolute atomic E-state index is 14.1. The van der Waals surface area contributed by atoms with Gasteiger partial charge in [-0.3, -0.25) is 9.36 Å². The van der Waals surface area contributed by atoms with Crippen molar-refractivity contribution < 1.29 is 8.78 Å². The Morgan fingerprint density at radius 3 is 2.39 bits per heavy atom. The van der Waals surface area contributed by atoms with Crippen molar-refractivity contribution in [2.45, 2.75) is 51.1 Å². The third-order valence-electron chi connectivity index (χ3n) is 6.61. The molecule has 2 heterocycles. The van der Waals surface area contributed by atoms with E-state index in [2.05, 4.69) is 4.98 Å². The van der Waals surface area contributed by atoms with Crippen molar-refractivity contribution in [3.05, 3.63) is 92.9 Å². The molecule has 1 atom stereocenters. The summed E-state index contributed by atoms with van der Waals surface area (Å²) in [6.07, 6.45) is 5.90. The van der Waals surface area contributed by atoms with Crippen LogP contribution in [0.1, 0.15) is 56.7 Å². The van der Waals surface area contributed by atoms with Gasteiger partial charge in [-0.05, 0) is 37.5 Å². The van der Waals surface area contributed by atoms with Gasteiger partial charge in [0, 0.05) is 12.1 Å². The summed E-state index contributed by atoms with van der Waals surface area (Å²) in [5, 5.41) is 0. The van der Waals surface area contributed by atoms with Crippen molar-refractivity contribution in [1.29, 1.82) is 0 Å². The van der Waals surface area contributed by atoms with E-state index in [4.69, 9.17) is 0 Å². The van der Waals surface area contributed by atoms with Crippen LogP contribution in [0.3, 0.4) is 0 Å². The van der Waals surface area contributed by atoms with E-state index in [1.54, 1.807) is 4.57 Å². The van der Waals surface area contributed by atoms with Gasteiger partial charge in [0.25, 0.3) is 5.56 Å². The number of aromatic nitrogens is 4. The fourth-order valence-electron chi connectivity index (χ4n) is 4.82. The lowest BCUT2D eigenvalue weighted by molar-refractivity contribution is 0.335. The van der Waals surface area contributed by atoms with Crippen molar-refractivity contribution >= 4 is 11.2 Å². The van der Waals surface area contributed by atoms with Crippen molar-refractivity contribution in [3.8, 4) is 5.69 Å². The van der Waals surface area contributed by atoms with Gasteiger partial charge in [-0.25, -0.2) is 23.1 Å². The first-order valence-electron chi connectivity index (χ1n) is 11.2. The van der Waals surface area contributed by atoms with Crippen molar-refractivity contribution in [2.75, 3.05) is 0 Å². The van der Waals surface area contributed by atoms with Crippen LogP contribution in [0.15, 0.2) is 64.4 Å². The number of benzene rings is 2. The zero-order chi connectivity index (χ0) is 23.1. The van der Waals surface area contributed by atoms with Gasteiger partial charge in [0.15, 0.2) is 22.8 Å². The zero-order valence-corrected chi connectivity index (χ0v) is 18.2. The van der Waals surface area contributed by atoms with Gasteiger partial charge in [0.2, 0.25) is 0 Å². The maximum atomic E-state index is 14.1. The van der Waals surface area contributed by atoms with Crippen LogP contribution in [0.25, 0.3) is 16.9 Å². The van der Waals surface area contributed by atoms with E-state index in [1.165, 1.54) is 21.5 Å². The van der Waals surface area contributed by atoms with Gasteiger partial charge in [0.1, 0.15) is 0 Å². The normalized spacial score (nSPS) is 15.7. The molecule has 0 bridgehead atoms. The Hall–Kier alpha value is -3.55. The number of halogens is 2. The van der Waals surface area contributed by atoms with Crippen LogP contribution < -0.4 is 11.2 Å². The van der Waals surface area contributed by atoms with Crippen molar-refractivity contribution in [2.24, 2.45) is 0 Å². The molecule has 2 aromatic carbocycles. The highest BCUT2D eigenvalue weighted by molar-refractivity contribution is 5.73. The smallest absolute Gasteiger partial charge is 0.317 e. The molecule has 33 heavy (non-hydrogen) atoms. The van der Waals surface area contributed by atoms with E-state index < -0.39 is 22.9 Å². The molecule has 0 spiro atoms. The molecule has 0 aliphatic heterocycles. The minimum absolute atomic E-state index is 0.130. The van der Waals surface area contributed by atoms with Crippen LogP contribution in [0, 0.1) is 11.6 Å². The van der Waals surface area contributed by atoms with E-state index >= 15 is 0 Å². The van der Waals surface area contributed by atoms with Gasteiger partial charge in [0.05, 0.1) is 18.1 Å². The standard InChI is InChI=1S/C25H24F2N4O2/c1-16(17-8-4-2-5-9-17)29-15-28-23-22(29)24(32)31(18-10-6-3-7-11-18)25(33)30(23)19-12-13-20(26)21(27)14-19/h2,4-5,8-9,12-16,18H,3,6-7,10-11H2,1H3/t16-/m1/s1. The first-order valence-corrected chi connectivity index (χ1v) is 11.2. The van der Waals surface area contributed by atoms with Gasteiger partial charge in [-0.1, -0.05) is 49.6 Å². The molecule has 0 saturated heterocycles. The molecule has 0 amide bonds. The molecule has 1 fully saturated rings. The lowest BCUT2D eigenvalue weighted by atomic mass is 9.95. The zero-order valence-electron chi connectivity index (χ0n) is 18.2. The lowest BCUT2D eigenvalue weighted by Gasteiger charge is -2.24. The van der Waals surface area contributed by atoms with E-state index in [1.807, 2.05) is 37.3 Å². The van der Waals surface area contributed by atoms with Crippen molar-refractivity contribution in [3.63, 3.8) is 0 Å². The first-order chi connectivity index (χ1) is 16.0. The van der Waals surface area contributed by atoms with Crippen LogP contribution in [0.5, 0.6) is 0 Å². The van der Waals surface area contributed by atoms with Crippen LogP contribution in [0.4, 0.5) is 8.78 Å². The number of hydrogen-bond acceptors (Lipinski definition) is 3. The summed E-state index contributed by atoms with van der Waals surface area (Å²) < 4.78 is 32.0. The SMILES string of the molecule is C[C@H](c1ccccc1)n1cnc2c1c(=O)n(C1CCCCC1)c(=O)n2-c1ccc(F)c(F)c1. The van der Waals surface area contributed by atoms with Gasteiger partial charge < -0.3 is 4.57 Å². The minimum Gasteiger partial charge on any atom is -0.317 e. The Balaban J connectivity index is 1.82. The third-order valence-corrected chi connectivity index (χ3v) is 6.61. The molecule has 0 radical (unpaired) electrons. The molecule has 0 unspecified atom stereocenters. The van der Waals surface area contributed by atoms with E-state index in [0.29, 0.717) is 0 Å². The Labute approximate surface area is 188 Å². The summed E-state index contributed by atoms with van der Waals surface area (Å²) in [5.41, 5.74) is 0.521. The molecular weight excluding hydrogens is 426 g/mol. The molecule has 2 aromatic heterocycles. The quantitative estimate of drug-likeness (QED) is 0.451. The van der Waals surface area contributed by atoms with Crippen LogP contribution in [0.2, 0.25) is 0 Å². The summed E-state index contributed by atoms with van der Waals surface area (Å²) in [7, 11) is 0. The fraction of sp³-hybridized carbons (Fsp3) is 0.320. The lowest BCUT2D eigenvalue weighted by Crippen LogP contribution is -2.43. The monoisotopic (exact) mass is 450 g/mol. The molecule has 1 aliphatic carbocycles. The Kier molecular flexibility index (Phi) is 5.44. The number of hydrogen-bond donors (Lipinski definition) is 0. The summed E-state index contributed by atoms with van der Waals surface area (Å²) in [4.78, 5) is 31.7. The average molecular weight is 450 g/mol. The molecule has 0 N–H and O–H groups in total. The van der Waals surface area contributed by atoms with Gasteiger partial charge >= 0.3 is 5.69 Å². The highest BCUT2D eigenvalue weighted by Gasteiger charge is 2.26.